The second-order valence-corrected chi connectivity index (χ2v) is 10.0. The number of thiazole rings is 1. The van der Waals surface area contributed by atoms with Crippen molar-refractivity contribution in [2.45, 2.75) is 42.4 Å². The van der Waals surface area contributed by atoms with Gasteiger partial charge < -0.3 is 14.5 Å². The Morgan fingerprint density at radius 2 is 2.00 bits per heavy atom. The molecule has 1 N–H and O–H groups in total. The van der Waals surface area contributed by atoms with Gasteiger partial charge in [0.1, 0.15) is 5.75 Å². The van der Waals surface area contributed by atoms with E-state index in [-0.39, 0.29) is 23.4 Å². The average molecular weight is 418 g/mol. The number of rotatable bonds is 5. The molecule has 7 heteroatoms. The van der Waals surface area contributed by atoms with Gasteiger partial charge in [0.2, 0.25) is 0 Å². The van der Waals surface area contributed by atoms with Crippen LogP contribution in [0.4, 0.5) is 0 Å². The van der Waals surface area contributed by atoms with Crippen LogP contribution in [0.5, 0.6) is 5.75 Å². The smallest absolute Gasteiger partial charge is 0.344 e. The van der Waals surface area contributed by atoms with Crippen LogP contribution in [0.15, 0.2) is 34.1 Å². The molecule has 3 aliphatic rings. The molecule has 2 fully saturated rings. The molecule has 5 rings (SSSR count). The van der Waals surface area contributed by atoms with Crippen molar-refractivity contribution in [2.24, 2.45) is 17.8 Å². The molecule has 2 saturated carbocycles. The van der Waals surface area contributed by atoms with Crippen LogP contribution in [0.3, 0.4) is 0 Å². The van der Waals surface area contributed by atoms with E-state index in [1.807, 2.05) is 23.9 Å². The van der Waals surface area contributed by atoms with Crippen molar-refractivity contribution in [1.82, 2.24) is 4.98 Å². The van der Waals surface area contributed by atoms with E-state index in [2.05, 4.69) is 17.1 Å². The summed E-state index contributed by atoms with van der Waals surface area (Å²) >= 11 is 3.28. The van der Waals surface area contributed by atoms with E-state index in [1.165, 1.54) is 41.0 Å². The maximum Gasteiger partial charge on any atom is 0.344 e. The first-order chi connectivity index (χ1) is 13.6. The van der Waals surface area contributed by atoms with Gasteiger partial charge >= 0.3 is 10.8 Å². The van der Waals surface area contributed by atoms with Gasteiger partial charge in [-0.05, 0) is 61.6 Å². The molecule has 1 aliphatic heterocycles. The van der Waals surface area contributed by atoms with E-state index in [9.17, 15) is 9.59 Å². The van der Waals surface area contributed by atoms with E-state index in [0.717, 1.165) is 16.9 Å². The van der Waals surface area contributed by atoms with Crippen molar-refractivity contribution in [3.8, 4) is 5.75 Å². The standard InChI is InChI=1S/C21H23NO4S2/c1-2-25-15(23)10-26-14-7-5-11(6-8-14)16-17-12-3-4-13(9-12)18(17)27-20-19(16)28-21(24)22-20/h5-8,12-13,16-18H,2-4,9-10H2,1H3,(H,22,24)/t12?,13?,16-,17?,18?/m1/s1. The summed E-state index contributed by atoms with van der Waals surface area (Å²) in [4.78, 5) is 27.9. The van der Waals surface area contributed by atoms with Gasteiger partial charge in [-0.15, -0.1) is 11.8 Å². The molecule has 5 nitrogen and oxygen atoms in total. The molecule has 2 aliphatic carbocycles. The normalized spacial score (nSPS) is 30.0. The molecule has 2 heterocycles. The van der Waals surface area contributed by atoms with Crippen molar-refractivity contribution in [1.29, 1.82) is 0 Å². The predicted octanol–water partition coefficient (Wildman–Crippen LogP) is 4.03. The third-order valence-corrected chi connectivity index (χ3v) is 8.99. The molecule has 5 atom stereocenters. The fourth-order valence-electron chi connectivity index (χ4n) is 5.34. The zero-order chi connectivity index (χ0) is 19.3. The van der Waals surface area contributed by atoms with E-state index in [0.29, 0.717) is 23.5 Å². The Balaban J connectivity index is 1.42. The van der Waals surface area contributed by atoms with Crippen LogP contribution < -0.4 is 9.61 Å². The third-order valence-electron chi connectivity index (χ3n) is 6.37. The highest BCUT2D eigenvalue weighted by Gasteiger charge is 2.54. The lowest BCUT2D eigenvalue weighted by Gasteiger charge is -2.40. The minimum absolute atomic E-state index is 0.0456. The number of carbonyl (C=O) groups is 1. The number of ether oxygens (including phenoxy) is 2. The molecule has 28 heavy (non-hydrogen) atoms. The van der Waals surface area contributed by atoms with Crippen LogP contribution in [-0.2, 0) is 9.53 Å². The first-order valence-corrected chi connectivity index (χ1v) is 11.6. The SMILES string of the molecule is CCOC(=O)COc1ccc([C@H]2c3sc(=O)[nH]c3SC3C4CCC(C4)C32)cc1. The monoisotopic (exact) mass is 417 g/mol. The van der Waals surface area contributed by atoms with Crippen LogP contribution in [0.2, 0.25) is 0 Å². The maximum atomic E-state index is 12.1. The molecule has 1 aromatic carbocycles. The second kappa shape index (κ2) is 7.26. The van der Waals surface area contributed by atoms with Crippen LogP contribution in [-0.4, -0.2) is 29.4 Å². The summed E-state index contributed by atoms with van der Waals surface area (Å²) in [6.45, 7) is 2.06. The number of hydrogen-bond acceptors (Lipinski definition) is 6. The van der Waals surface area contributed by atoms with Crippen molar-refractivity contribution in [3.05, 3.63) is 44.4 Å². The van der Waals surface area contributed by atoms with Gasteiger partial charge in [0, 0.05) is 16.0 Å². The Morgan fingerprint density at radius 1 is 1.21 bits per heavy atom. The molecule has 0 radical (unpaired) electrons. The Labute approximate surface area is 171 Å². The van der Waals surface area contributed by atoms with Crippen LogP contribution in [0.1, 0.15) is 42.5 Å². The number of aromatic nitrogens is 1. The van der Waals surface area contributed by atoms with Crippen molar-refractivity contribution >= 4 is 29.1 Å². The van der Waals surface area contributed by atoms with E-state index in [4.69, 9.17) is 9.47 Å². The fraction of sp³-hybridized carbons (Fsp3) is 0.524. The zero-order valence-corrected chi connectivity index (χ0v) is 17.3. The molecule has 0 amide bonds. The number of hydrogen-bond donors (Lipinski definition) is 1. The topological polar surface area (TPSA) is 68.4 Å². The molecule has 0 saturated heterocycles. The molecule has 2 aromatic rings. The lowest BCUT2D eigenvalue weighted by Crippen LogP contribution is -2.33. The van der Waals surface area contributed by atoms with Crippen LogP contribution in [0.25, 0.3) is 0 Å². The van der Waals surface area contributed by atoms with Gasteiger partial charge in [-0.1, -0.05) is 23.5 Å². The van der Waals surface area contributed by atoms with Gasteiger partial charge in [0.05, 0.1) is 11.6 Å². The predicted molar refractivity (Wildman–Crippen MR) is 109 cm³/mol. The molecule has 1 aromatic heterocycles. The van der Waals surface area contributed by atoms with Crippen LogP contribution in [0, 0.1) is 17.8 Å². The molecule has 4 unspecified atom stereocenters. The van der Waals surface area contributed by atoms with Crippen molar-refractivity contribution < 1.29 is 14.3 Å². The molecular weight excluding hydrogens is 394 g/mol. The number of esters is 1. The quantitative estimate of drug-likeness (QED) is 0.744. The lowest BCUT2D eigenvalue weighted by molar-refractivity contribution is -0.145. The number of nitrogens with one attached hydrogen (secondary N) is 1. The summed E-state index contributed by atoms with van der Waals surface area (Å²) in [6.07, 6.45) is 3.98. The number of carbonyl (C=O) groups excluding carboxylic acids is 1. The summed E-state index contributed by atoms with van der Waals surface area (Å²) in [6, 6.07) is 8.04. The highest BCUT2D eigenvalue weighted by Crippen LogP contribution is 2.63. The van der Waals surface area contributed by atoms with Crippen molar-refractivity contribution in [2.75, 3.05) is 13.2 Å². The largest absolute Gasteiger partial charge is 0.482 e. The Bertz CT molecular complexity index is 935. The maximum absolute atomic E-state index is 12.1. The minimum atomic E-state index is -0.359. The van der Waals surface area contributed by atoms with E-state index < -0.39 is 0 Å². The molecule has 2 bridgehead atoms. The lowest BCUT2D eigenvalue weighted by atomic mass is 9.75. The molecule has 148 valence electrons. The first kappa shape index (κ1) is 18.3. The number of fused-ring (bicyclic) bond motifs is 6. The highest BCUT2D eigenvalue weighted by molar-refractivity contribution is 8.00. The molecular formula is C21H23NO4S2. The summed E-state index contributed by atoms with van der Waals surface area (Å²) in [5.74, 6) is 2.73. The number of aromatic amines is 1. The summed E-state index contributed by atoms with van der Waals surface area (Å²) in [5, 5.41) is 1.69. The van der Waals surface area contributed by atoms with Gasteiger partial charge in [-0.3, -0.25) is 4.79 Å². The van der Waals surface area contributed by atoms with Gasteiger partial charge in [0.25, 0.3) is 0 Å². The second-order valence-electron chi connectivity index (χ2n) is 7.84. The average Bonchev–Trinajstić information content (AvgIpc) is 3.39. The summed E-state index contributed by atoms with van der Waals surface area (Å²) in [7, 11) is 0. The number of H-pyrrole nitrogens is 1. The van der Waals surface area contributed by atoms with Crippen molar-refractivity contribution in [3.63, 3.8) is 0 Å². The Kier molecular flexibility index (Phi) is 4.75. The van der Waals surface area contributed by atoms with Gasteiger partial charge in [-0.2, -0.15) is 0 Å². The third kappa shape index (κ3) is 3.08. The highest BCUT2D eigenvalue weighted by atomic mass is 32.2. The summed E-state index contributed by atoms with van der Waals surface area (Å²) < 4.78 is 10.4. The minimum Gasteiger partial charge on any atom is -0.482 e. The zero-order valence-electron chi connectivity index (χ0n) is 15.7. The first-order valence-electron chi connectivity index (χ1n) is 9.92. The number of benzene rings is 1. The van der Waals surface area contributed by atoms with Crippen LogP contribution >= 0.6 is 23.1 Å². The summed E-state index contributed by atoms with van der Waals surface area (Å²) in [5.41, 5.74) is 1.24. The van der Waals surface area contributed by atoms with Gasteiger partial charge in [-0.25, -0.2) is 4.79 Å². The Hall–Kier alpha value is -1.73. The number of thioether (sulfide) groups is 1. The fourth-order valence-corrected chi connectivity index (χ4v) is 8.23. The Morgan fingerprint density at radius 3 is 2.79 bits per heavy atom. The van der Waals surface area contributed by atoms with E-state index >= 15 is 0 Å². The molecule has 0 spiro atoms. The van der Waals surface area contributed by atoms with E-state index in [1.54, 1.807) is 6.92 Å². The van der Waals surface area contributed by atoms with Gasteiger partial charge in [0.15, 0.2) is 6.61 Å².